The third kappa shape index (κ3) is 5.20. The third-order valence-corrected chi connectivity index (χ3v) is 8.27. The van der Waals surface area contributed by atoms with Gasteiger partial charge in [0.05, 0.1) is 12.1 Å². The minimum Gasteiger partial charge on any atom is -0.361 e. The maximum atomic E-state index is 13.2. The molecule has 1 aromatic heterocycles. The summed E-state index contributed by atoms with van der Waals surface area (Å²) in [5.74, 6) is 1.34. The molecule has 3 heterocycles. The first-order chi connectivity index (χ1) is 16.9. The van der Waals surface area contributed by atoms with E-state index in [1.165, 1.54) is 5.56 Å². The Kier molecular flexibility index (Phi) is 6.78. The van der Waals surface area contributed by atoms with E-state index >= 15 is 0 Å². The van der Waals surface area contributed by atoms with Crippen LogP contribution in [-0.2, 0) is 16.0 Å². The lowest BCUT2D eigenvalue weighted by Gasteiger charge is -2.36. The Hall–Kier alpha value is -2.93. The van der Waals surface area contributed by atoms with Gasteiger partial charge >= 0.3 is 0 Å². The Morgan fingerprint density at radius 3 is 2.40 bits per heavy atom. The van der Waals surface area contributed by atoms with Crippen molar-refractivity contribution < 1.29 is 14.1 Å². The van der Waals surface area contributed by atoms with E-state index in [0.717, 1.165) is 82.1 Å². The molecule has 1 atom stereocenters. The monoisotopic (exact) mass is 476 g/mol. The molecule has 35 heavy (non-hydrogen) atoms. The van der Waals surface area contributed by atoms with E-state index in [2.05, 4.69) is 51.4 Å². The van der Waals surface area contributed by atoms with E-state index in [9.17, 15) is 9.59 Å². The van der Waals surface area contributed by atoms with Gasteiger partial charge in [0.15, 0.2) is 0 Å². The van der Waals surface area contributed by atoms with E-state index in [4.69, 9.17) is 4.52 Å². The first-order valence-corrected chi connectivity index (χ1v) is 12.9. The number of benzene rings is 1. The first kappa shape index (κ1) is 23.8. The maximum absolute atomic E-state index is 13.2. The van der Waals surface area contributed by atoms with E-state index < -0.39 is 0 Å². The van der Waals surface area contributed by atoms with Crippen LogP contribution in [0.2, 0.25) is 0 Å². The molecule has 0 N–H and O–H groups in total. The van der Waals surface area contributed by atoms with Crippen molar-refractivity contribution in [2.24, 2.45) is 11.3 Å². The molecule has 2 aliphatic heterocycles. The van der Waals surface area contributed by atoms with Gasteiger partial charge in [0, 0.05) is 57.3 Å². The zero-order valence-corrected chi connectivity index (χ0v) is 20.9. The fraction of sp³-hybridized carbons (Fsp3) is 0.536. The number of amides is 2. The Labute approximate surface area is 207 Å². The van der Waals surface area contributed by atoms with Crippen LogP contribution in [0.1, 0.15) is 41.8 Å². The smallest absolute Gasteiger partial charge is 0.227 e. The Bertz CT molecular complexity index is 1060. The Morgan fingerprint density at radius 2 is 1.74 bits per heavy atom. The second-order valence-corrected chi connectivity index (χ2v) is 10.4. The van der Waals surface area contributed by atoms with Crippen molar-refractivity contribution in [2.75, 3.05) is 45.8 Å². The van der Waals surface area contributed by atoms with E-state index in [1.807, 2.05) is 24.8 Å². The van der Waals surface area contributed by atoms with E-state index in [-0.39, 0.29) is 17.2 Å². The zero-order valence-electron chi connectivity index (χ0n) is 20.9. The number of nitrogens with zero attached hydrogens (tertiary/aromatic N) is 4. The lowest BCUT2D eigenvalue weighted by atomic mass is 9.90. The van der Waals surface area contributed by atoms with Crippen LogP contribution in [-0.4, -0.2) is 77.5 Å². The predicted octanol–water partition coefficient (Wildman–Crippen LogP) is 3.32. The van der Waals surface area contributed by atoms with Crippen LogP contribution in [0.25, 0.3) is 6.08 Å². The molecule has 1 aliphatic carbocycles. The van der Waals surface area contributed by atoms with Crippen LogP contribution >= 0.6 is 0 Å². The highest BCUT2D eigenvalue weighted by molar-refractivity contribution is 5.83. The van der Waals surface area contributed by atoms with Gasteiger partial charge in [-0.25, -0.2) is 0 Å². The van der Waals surface area contributed by atoms with Crippen molar-refractivity contribution in [1.82, 2.24) is 19.9 Å². The lowest BCUT2D eigenvalue weighted by molar-refractivity contribution is -0.135. The number of likely N-dealkylation sites (tertiary alicyclic amines) is 1. The molecule has 1 aromatic carbocycles. The van der Waals surface area contributed by atoms with Crippen LogP contribution in [0.3, 0.4) is 0 Å². The molecular weight excluding hydrogens is 440 g/mol. The Morgan fingerprint density at radius 1 is 1.03 bits per heavy atom. The highest BCUT2D eigenvalue weighted by Gasteiger charge is 2.59. The summed E-state index contributed by atoms with van der Waals surface area (Å²) in [5, 5.41) is 3.96. The topological polar surface area (TPSA) is 69.9 Å². The summed E-state index contributed by atoms with van der Waals surface area (Å²) in [6.45, 7) is 9.62. The average molecular weight is 477 g/mol. The quantitative estimate of drug-likeness (QED) is 0.640. The number of rotatable bonds is 6. The molecule has 0 radical (unpaired) electrons. The number of aryl methyl sites for hydroxylation is 2. The van der Waals surface area contributed by atoms with Gasteiger partial charge in [0.1, 0.15) is 5.76 Å². The fourth-order valence-electron chi connectivity index (χ4n) is 5.74. The van der Waals surface area contributed by atoms with Crippen LogP contribution in [0.4, 0.5) is 0 Å². The fourth-order valence-corrected chi connectivity index (χ4v) is 5.74. The number of hydrogen-bond acceptors (Lipinski definition) is 5. The van der Waals surface area contributed by atoms with Crippen molar-refractivity contribution in [3.63, 3.8) is 0 Å². The van der Waals surface area contributed by atoms with Crippen molar-refractivity contribution in [1.29, 1.82) is 0 Å². The summed E-state index contributed by atoms with van der Waals surface area (Å²) >= 11 is 0. The summed E-state index contributed by atoms with van der Waals surface area (Å²) in [5.41, 5.74) is 3.04. The number of carbonyl (C=O) groups excluding carboxylic acids is 2. The molecule has 5 rings (SSSR count). The van der Waals surface area contributed by atoms with Crippen molar-refractivity contribution >= 4 is 17.9 Å². The number of aromatic nitrogens is 1. The standard InChI is InChI=1S/C28H36N4O3/c1-21-24(22(2)35-29-21)19-26(33)31-13-10-28(11-14-31)20-25(28)27(34)32-17-15-30(16-18-32)12-6-9-23-7-4-3-5-8-23/h3-9,25H,10-20H2,1-2H3/b9-6+. The molecule has 3 fully saturated rings. The van der Waals surface area contributed by atoms with Crippen LogP contribution in [0, 0.1) is 25.2 Å². The summed E-state index contributed by atoms with van der Waals surface area (Å²) in [6, 6.07) is 10.4. The molecule has 1 unspecified atom stereocenters. The minimum atomic E-state index is 0.118. The molecule has 7 nitrogen and oxygen atoms in total. The molecular formula is C28H36N4O3. The van der Waals surface area contributed by atoms with Gasteiger partial charge in [-0.15, -0.1) is 0 Å². The summed E-state index contributed by atoms with van der Waals surface area (Å²) < 4.78 is 5.20. The molecule has 7 heteroatoms. The van der Waals surface area contributed by atoms with Crippen molar-refractivity contribution in [3.05, 3.63) is 59.0 Å². The molecule has 1 saturated carbocycles. The van der Waals surface area contributed by atoms with Crippen LogP contribution in [0.15, 0.2) is 40.9 Å². The van der Waals surface area contributed by atoms with Crippen molar-refractivity contribution in [3.8, 4) is 0 Å². The van der Waals surface area contributed by atoms with Gasteiger partial charge in [-0.05, 0) is 44.1 Å². The van der Waals surface area contributed by atoms with Gasteiger partial charge in [-0.1, -0.05) is 47.6 Å². The second kappa shape index (κ2) is 9.97. The van der Waals surface area contributed by atoms with Gasteiger partial charge < -0.3 is 14.3 Å². The molecule has 2 amide bonds. The molecule has 2 saturated heterocycles. The number of piperidine rings is 1. The number of piperazine rings is 1. The van der Waals surface area contributed by atoms with Crippen LogP contribution < -0.4 is 0 Å². The highest BCUT2D eigenvalue weighted by Crippen LogP contribution is 2.60. The molecule has 2 aromatic rings. The number of carbonyl (C=O) groups is 2. The summed E-state index contributed by atoms with van der Waals surface area (Å²) in [7, 11) is 0. The Balaban J connectivity index is 1.05. The van der Waals surface area contributed by atoms with Gasteiger partial charge in [-0.2, -0.15) is 0 Å². The average Bonchev–Trinajstić information content (AvgIpc) is 3.49. The molecule has 1 spiro atoms. The summed E-state index contributed by atoms with van der Waals surface area (Å²) in [6.07, 6.45) is 7.57. The van der Waals surface area contributed by atoms with Gasteiger partial charge in [-0.3, -0.25) is 14.5 Å². The van der Waals surface area contributed by atoms with Crippen molar-refractivity contribution in [2.45, 2.75) is 39.5 Å². The number of hydrogen-bond donors (Lipinski definition) is 0. The second-order valence-electron chi connectivity index (χ2n) is 10.4. The molecule has 186 valence electrons. The lowest BCUT2D eigenvalue weighted by Crippen LogP contribution is -2.49. The highest BCUT2D eigenvalue weighted by atomic mass is 16.5. The zero-order chi connectivity index (χ0) is 24.4. The summed E-state index contributed by atoms with van der Waals surface area (Å²) in [4.78, 5) is 32.5. The molecule has 3 aliphatic rings. The van der Waals surface area contributed by atoms with Gasteiger partial charge in [0.2, 0.25) is 11.8 Å². The van der Waals surface area contributed by atoms with E-state index in [1.54, 1.807) is 0 Å². The van der Waals surface area contributed by atoms with Gasteiger partial charge in [0.25, 0.3) is 0 Å². The largest absolute Gasteiger partial charge is 0.361 e. The SMILES string of the molecule is Cc1noc(C)c1CC(=O)N1CCC2(CC1)CC2C(=O)N1CCN(C/C=C/c2ccccc2)CC1. The molecule has 0 bridgehead atoms. The predicted molar refractivity (Wildman–Crippen MR) is 135 cm³/mol. The third-order valence-electron chi connectivity index (χ3n) is 8.27. The van der Waals surface area contributed by atoms with E-state index in [0.29, 0.717) is 12.3 Å². The maximum Gasteiger partial charge on any atom is 0.227 e. The van der Waals surface area contributed by atoms with Crippen LogP contribution in [0.5, 0.6) is 0 Å². The first-order valence-electron chi connectivity index (χ1n) is 12.9. The normalized spacial score (nSPS) is 22.2. The minimum absolute atomic E-state index is 0.118.